The van der Waals surface area contributed by atoms with Crippen LogP contribution < -0.4 is 0 Å². The molecule has 0 N–H and O–H groups in total. The first-order valence-corrected chi connectivity index (χ1v) is 6.48. The second-order valence-corrected chi connectivity index (χ2v) is 5.16. The van der Waals surface area contributed by atoms with Crippen molar-refractivity contribution in [2.24, 2.45) is 5.92 Å². The molecule has 1 aromatic rings. The normalized spacial score (nSPS) is 19.5. The van der Waals surface area contributed by atoms with Crippen LogP contribution in [0.2, 0.25) is 0 Å². The van der Waals surface area contributed by atoms with Crippen LogP contribution in [0.15, 0.2) is 22.7 Å². The lowest BCUT2D eigenvalue weighted by atomic mass is 9.98. The zero-order chi connectivity index (χ0) is 12.3. The van der Waals surface area contributed by atoms with Crippen molar-refractivity contribution in [1.29, 1.82) is 0 Å². The van der Waals surface area contributed by atoms with Crippen LogP contribution in [-0.4, -0.2) is 19.0 Å². The Morgan fingerprint density at radius 2 is 2.35 bits per heavy atom. The molecule has 4 heteroatoms. The highest BCUT2D eigenvalue weighted by Gasteiger charge is 2.19. The van der Waals surface area contributed by atoms with Gasteiger partial charge >= 0.3 is 0 Å². The maximum absolute atomic E-state index is 13.3. The number of hydrogen-bond acceptors (Lipinski definition) is 2. The average molecular weight is 301 g/mol. The summed E-state index contributed by atoms with van der Waals surface area (Å²) in [4.78, 5) is 11.8. The number of carbonyl (C=O) groups is 1. The first kappa shape index (κ1) is 12.7. The van der Waals surface area contributed by atoms with E-state index in [4.69, 9.17) is 4.74 Å². The number of halogens is 2. The summed E-state index contributed by atoms with van der Waals surface area (Å²) in [5.74, 6) is 0.168. The molecule has 1 unspecified atom stereocenters. The van der Waals surface area contributed by atoms with Crippen molar-refractivity contribution in [2.75, 3.05) is 13.2 Å². The number of ether oxygens (including phenoxy) is 1. The van der Waals surface area contributed by atoms with Crippen molar-refractivity contribution in [2.45, 2.75) is 19.3 Å². The maximum atomic E-state index is 13.3. The van der Waals surface area contributed by atoms with Gasteiger partial charge in [0.1, 0.15) is 11.6 Å². The van der Waals surface area contributed by atoms with Crippen LogP contribution in [0.1, 0.15) is 18.4 Å². The van der Waals surface area contributed by atoms with E-state index in [-0.39, 0.29) is 18.0 Å². The van der Waals surface area contributed by atoms with Crippen molar-refractivity contribution in [3.05, 3.63) is 34.1 Å². The SMILES string of the molecule is O=C(Cc1cccc(F)c1Br)CC1CCOC1. The second-order valence-electron chi connectivity index (χ2n) is 4.36. The molecule has 0 saturated carbocycles. The van der Waals surface area contributed by atoms with Gasteiger partial charge in [0, 0.05) is 26.1 Å². The molecule has 17 heavy (non-hydrogen) atoms. The number of carbonyl (C=O) groups excluding carboxylic acids is 1. The number of benzene rings is 1. The number of Topliss-reactive ketones (excluding diaryl/α,β-unsaturated/α-hetero) is 1. The van der Waals surface area contributed by atoms with E-state index in [1.54, 1.807) is 12.1 Å². The van der Waals surface area contributed by atoms with E-state index in [2.05, 4.69) is 15.9 Å². The number of hydrogen-bond donors (Lipinski definition) is 0. The van der Waals surface area contributed by atoms with Crippen molar-refractivity contribution >= 4 is 21.7 Å². The molecule has 0 spiro atoms. The third kappa shape index (κ3) is 3.36. The summed E-state index contributed by atoms with van der Waals surface area (Å²) in [7, 11) is 0. The first-order valence-electron chi connectivity index (χ1n) is 5.69. The fraction of sp³-hybridized carbons (Fsp3) is 0.462. The molecule has 1 aliphatic rings. The third-order valence-electron chi connectivity index (χ3n) is 2.96. The molecule has 2 nitrogen and oxygen atoms in total. The Bertz CT molecular complexity index is 414. The van der Waals surface area contributed by atoms with Crippen LogP contribution >= 0.6 is 15.9 Å². The molecular formula is C13H14BrFO2. The van der Waals surface area contributed by atoms with Gasteiger partial charge in [-0.1, -0.05) is 12.1 Å². The molecule has 1 heterocycles. The fourth-order valence-electron chi connectivity index (χ4n) is 2.04. The number of rotatable bonds is 4. The monoisotopic (exact) mass is 300 g/mol. The highest BCUT2D eigenvalue weighted by atomic mass is 79.9. The van der Waals surface area contributed by atoms with Crippen LogP contribution in [0.25, 0.3) is 0 Å². The number of ketones is 1. The summed E-state index contributed by atoms with van der Waals surface area (Å²) < 4.78 is 18.9. The fourth-order valence-corrected chi connectivity index (χ4v) is 2.44. The van der Waals surface area contributed by atoms with Gasteiger partial charge in [-0.25, -0.2) is 4.39 Å². The lowest BCUT2D eigenvalue weighted by Crippen LogP contribution is -2.11. The molecule has 0 aromatic heterocycles. The summed E-state index contributed by atoms with van der Waals surface area (Å²) in [5, 5.41) is 0. The first-order chi connectivity index (χ1) is 8.16. The van der Waals surface area contributed by atoms with Gasteiger partial charge in [0.05, 0.1) is 4.47 Å². The zero-order valence-corrected chi connectivity index (χ0v) is 11.0. The van der Waals surface area contributed by atoms with Gasteiger partial charge in [0.15, 0.2) is 0 Å². The van der Waals surface area contributed by atoms with Crippen molar-refractivity contribution < 1.29 is 13.9 Å². The van der Waals surface area contributed by atoms with Crippen molar-refractivity contribution in [3.63, 3.8) is 0 Å². The summed E-state index contributed by atoms with van der Waals surface area (Å²) in [6.45, 7) is 1.43. The Morgan fingerprint density at radius 3 is 3.06 bits per heavy atom. The molecule has 1 aliphatic heterocycles. The van der Waals surface area contributed by atoms with Gasteiger partial charge < -0.3 is 4.74 Å². The van der Waals surface area contributed by atoms with E-state index in [9.17, 15) is 9.18 Å². The maximum Gasteiger partial charge on any atom is 0.137 e. The minimum Gasteiger partial charge on any atom is -0.381 e. The molecule has 1 saturated heterocycles. The minimum atomic E-state index is -0.320. The van der Waals surface area contributed by atoms with E-state index >= 15 is 0 Å². The Morgan fingerprint density at radius 1 is 1.53 bits per heavy atom. The van der Waals surface area contributed by atoms with Gasteiger partial charge in [-0.3, -0.25) is 4.79 Å². The van der Waals surface area contributed by atoms with E-state index in [1.165, 1.54) is 6.07 Å². The van der Waals surface area contributed by atoms with Crippen molar-refractivity contribution in [1.82, 2.24) is 0 Å². The van der Waals surface area contributed by atoms with Crippen LogP contribution in [0.3, 0.4) is 0 Å². The second kappa shape index (κ2) is 5.74. The predicted octanol–water partition coefficient (Wildman–Crippen LogP) is 3.13. The summed E-state index contributed by atoms with van der Waals surface area (Å²) in [6.07, 6.45) is 1.77. The van der Waals surface area contributed by atoms with E-state index in [0.717, 1.165) is 13.0 Å². The zero-order valence-electron chi connectivity index (χ0n) is 9.42. The van der Waals surface area contributed by atoms with Crippen LogP contribution in [0.5, 0.6) is 0 Å². The van der Waals surface area contributed by atoms with E-state index < -0.39 is 0 Å². The topological polar surface area (TPSA) is 26.3 Å². The van der Waals surface area contributed by atoms with Crippen LogP contribution in [-0.2, 0) is 16.0 Å². The largest absolute Gasteiger partial charge is 0.381 e. The molecule has 1 aromatic carbocycles. The molecule has 2 rings (SSSR count). The smallest absolute Gasteiger partial charge is 0.137 e. The Kier molecular flexibility index (Phi) is 4.29. The Balaban J connectivity index is 1.95. The molecule has 0 radical (unpaired) electrons. The molecule has 0 amide bonds. The Hall–Kier alpha value is -0.740. The van der Waals surface area contributed by atoms with E-state index in [0.29, 0.717) is 29.0 Å². The Labute approximate surface area is 108 Å². The van der Waals surface area contributed by atoms with Crippen LogP contribution in [0.4, 0.5) is 4.39 Å². The van der Waals surface area contributed by atoms with Crippen LogP contribution in [0, 0.1) is 11.7 Å². The highest BCUT2D eigenvalue weighted by molar-refractivity contribution is 9.10. The predicted molar refractivity (Wildman–Crippen MR) is 66.4 cm³/mol. The highest BCUT2D eigenvalue weighted by Crippen LogP contribution is 2.23. The van der Waals surface area contributed by atoms with Gasteiger partial charge in [0.2, 0.25) is 0 Å². The van der Waals surface area contributed by atoms with Gasteiger partial charge in [-0.2, -0.15) is 0 Å². The van der Waals surface area contributed by atoms with Gasteiger partial charge in [0.25, 0.3) is 0 Å². The minimum absolute atomic E-state index is 0.145. The van der Waals surface area contributed by atoms with Crippen molar-refractivity contribution in [3.8, 4) is 0 Å². The molecule has 1 atom stereocenters. The summed E-state index contributed by atoms with van der Waals surface area (Å²) in [5.41, 5.74) is 0.717. The quantitative estimate of drug-likeness (QED) is 0.854. The standard InChI is InChI=1S/C13H14BrFO2/c14-13-10(2-1-3-12(13)15)7-11(16)6-9-4-5-17-8-9/h1-3,9H,4-8H2. The van der Waals surface area contributed by atoms with E-state index in [1.807, 2.05) is 0 Å². The summed E-state index contributed by atoms with van der Waals surface area (Å²) in [6, 6.07) is 4.78. The lowest BCUT2D eigenvalue weighted by molar-refractivity contribution is -0.119. The third-order valence-corrected chi connectivity index (χ3v) is 3.85. The molecule has 92 valence electrons. The lowest BCUT2D eigenvalue weighted by Gasteiger charge is -2.08. The average Bonchev–Trinajstić information content (AvgIpc) is 2.77. The molecular weight excluding hydrogens is 287 g/mol. The molecule has 0 aliphatic carbocycles. The molecule has 0 bridgehead atoms. The summed E-state index contributed by atoms with van der Waals surface area (Å²) >= 11 is 3.17. The van der Waals surface area contributed by atoms with Gasteiger partial charge in [-0.05, 0) is 39.9 Å². The molecule has 1 fully saturated rings. The van der Waals surface area contributed by atoms with Gasteiger partial charge in [-0.15, -0.1) is 0 Å².